The van der Waals surface area contributed by atoms with Gasteiger partial charge in [0.25, 0.3) is 0 Å². The Morgan fingerprint density at radius 1 is 1.86 bits per heavy atom. The molecule has 0 aromatic rings. The Morgan fingerprint density at radius 2 is 2.57 bits per heavy atom. The van der Waals surface area contributed by atoms with E-state index in [1.54, 1.807) is 0 Å². The minimum atomic E-state index is 0.109. The maximum Gasteiger partial charge on any atom is 0.227 e. The minimum absolute atomic E-state index is 0.109. The van der Waals surface area contributed by atoms with Gasteiger partial charge in [0.1, 0.15) is 0 Å². The highest BCUT2D eigenvalue weighted by atomic mass is 16.1. The van der Waals surface area contributed by atoms with Crippen molar-refractivity contribution in [1.82, 2.24) is 5.32 Å². The first-order valence-corrected chi connectivity index (χ1v) is 2.25. The largest absolute Gasteiger partial charge is 0.330 e. The van der Waals surface area contributed by atoms with Crippen LogP contribution >= 0.6 is 0 Å². The van der Waals surface area contributed by atoms with Gasteiger partial charge in [-0.25, -0.2) is 0 Å². The van der Waals surface area contributed by atoms with Crippen LogP contribution in [0.4, 0.5) is 0 Å². The first-order chi connectivity index (χ1) is 3.29. The molecule has 38 valence electrons. The summed E-state index contributed by atoms with van der Waals surface area (Å²) in [6.45, 7) is 1.88. The SMILES string of the molecule is CC1=CCC(=O)N1. The minimum Gasteiger partial charge on any atom is -0.330 e. The lowest BCUT2D eigenvalue weighted by molar-refractivity contribution is -0.118. The smallest absolute Gasteiger partial charge is 0.227 e. The van der Waals surface area contributed by atoms with Crippen LogP contribution < -0.4 is 5.32 Å². The van der Waals surface area contributed by atoms with Gasteiger partial charge >= 0.3 is 0 Å². The highest BCUT2D eigenvalue weighted by Crippen LogP contribution is 1.98. The first-order valence-electron chi connectivity index (χ1n) is 2.25. The van der Waals surface area contributed by atoms with Crippen molar-refractivity contribution in [3.05, 3.63) is 11.8 Å². The molecule has 0 spiro atoms. The van der Waals surface area contributed by atoms with Crippen molar-refractivity contribution in [1.29, 1.82) is 0 Å². The molecule has 0 bridgehead atoms. The Balaban J connectivity index is 2.58. The van der Waals surface area contributed by atoms with E-state index in [-0.39, 0.29) is 5.91 Å². The number of rotatable bonds is 0. The summed E-state index contributed by atoms with van der Waals surface area (Å²) in [5.74, 6) is 0.109. The quantitative estimate of drug-likeness (QED) is 0.466. The van der Waals surface area contributed by atoms with Crippen LogP contribution in [0.5, 0.6) is 0 Å². The summed E-state index contributed by atoms with van der Waals surface area (Å²) in [7, 11) is 0. The monoisotopic (exact) mass is 97.1 g/mol. The molecule has 0 aromatic heterocycles. The molecular formula is C5H7NO. The van der Waals surface area contributed by atoms with Gasteiger partial charge in [0.15, 0.2) is 0 Å². The molecule has 0 saturated heterocycles. The van der Waals surface area contributed by atoms with Gasteiger partial charge in [0.2, 0.25) is 5.91 Å². The molecular weight excluding hydrogens is 90.1 g/mol. The molecule has 7 heavy (non-hydrogen) atoms. The number of hydrogen-bond donors (Lipinski definition) is 1. The highest BCUT2D eigenvalue weighted by molar-refractivity contribution is 5.82. The second kappa shape index (κ2) is 1.37. The summed E-state index contributed by atoms with van der Waals surface area (Å²) in [4.78, 5) is 10.3. The van der Waals surface area contributed by atoms with Crippen molar-refractivity contribution >= 4 is 5.91 Å². The molecule has 1 rings (SSSR count). The van der Waals surface area contributed by atoms with Crippen molar-refractivity contribution in [3.8, 4) is 0 Å². The molecule has 0 aromatic carbocycles. The summed E-state index contributed by atoms with van der Waals surface area (Å²) in [5, 5.41) is 2.64. The van der Waals surface area contributed by atoms with Crippen LogP contribution in [0.15, 0.2) is 11.8 Å². The molecule has 1 aliphatic rings. The van der Waals surface area contributed by atoms with Gasteiger partial charge < -0.3 is 5.32 Å². The Morgan fingerprint density at radius 3 is 2.71 bits per heavy atom. The Hall–Kier alpha value is -0.790. The number of hydrogen-bond acceptors (Lipinski definition) is 1. The number of nitrogens with one attached hydrogen (secondary N) is 1. The van der Waals surface area contributed by atoms with Crippen LogP contribution in [0.1, 0.15) is 13.3 Å². The van der Waals surface area contributed by atoms with Crippen LogP contribution in [-0.2, 0) is 4.79 Å². The zero-order valence-corrected chi connectivity index (χ0v) is 4.19. The zero-order chi connectivity index (χ0) is 5.28. The summed E-state index contributed by atoms with van der Waals surface area (Å²) < 4.78 is 0. The summed E-state index contributed by atoms with van der Waals surface area (Å²) in [5.41, 5.74) is 0.977. The summed E-state index contributed by atoms with van der Waals surface area (Å²) >= 11 is 0. The van der Waals surface area contributed by atoms with Crippen molar-refractivity contribution in [2.75, 3.05) is 0 Å². The first kappa shape index (κ1) is 4.37. The number of carbonyl (C=O) groups is 1. The molecule has 1 heterocycles. The number of carbonyl (C=O) groups excluding carboxylic acids is 1. The predicted molar refractivity (Wildman–Crippen MR) is 26.5 cm³/mol. The van der Waals surface area contributed by atoms with E-state index in [4.69, 9.17) is 0 Å². The molecule has 0 unspecified atom stereocenters. The third-order valence-corrected chi connectivity index (χ3v) is 0.930. The zero-order valence-electron chi connectivity index (χ0n) is 4.19. The lowest BCUT2D eigenvalue weighted by Gasteiger charge is -1.88. The average molecular weight is 97.1 g/mol. The van der Waals surface area contributed by atoms with Gasteiger partial charge in [0, 0.05) is 12.1 Å². The van der Waals surface area contributed by atoms with Crippen molar-refractivity contribution in [2.45, 2.75) is 13.3 Å². The van der Waals surface area contributed by atoms with E-state index in [1.807, 2.05) is 13.0 Å². The maximum absolute atomic E-state index is 10.3. The molecule has 0 fully saturated rings. The van der Waals surface area contributed by atoms with Crippen LogP contribution in [-0.4, -0.2) is 5.91 Å². The third kappa shape index (κ3) is 0.796. The van der Waals surface area contributed by atoms with Crippen LogP contribution in [0.25, 0.3) is 0 Å². The molecule has 1 aliphatic heterocycles. The number of amides is 1. The number of allylic oxidation sites excluding steroid dienone is 1. The van der Waals surface area contributed by atoms with E-state index in [0.29, 0.717) is 6.42 Å². The second-order valence-electron chi connectivity index (χ2n) is 1.64. The normalized spacial score (nSPS) is 19.0. The van der Waals surface area contributed by atoms with Gasteiger partial charge in [-0.1, -0.05) is 6.08 Å². The fourth-order valence-electron chi connectivity index (χ4n) is 0.568. The van der Waals surface area contributed by atoms with Gasteiger partial charge in [-0.05, 0) is 6.92 Å². The van der Waals surface area contributed by atoms with E-state index in [1.165, 1.54) is 0 Å². The van der Waals surface area contributed by atoms with Crippen molar-refractivity contribution < 1.29 is 4.79 Å². The lowest BCUT2D eigenvalue weighted by Crippen LogP contribution is -2.12. The molecule has 0 saturated carbocycles. The average Bonchev–Trinajstić information content (AvgIpc) is 1.87. The Kier molecular flexibility index (Phi) is 0.855. The predicted octanol–water partition coefficient (Wildman–Crippen LogP) is 0.410. The highest BCUT2D eigenvalue weighted by Gasteiger charge is 2.04. The molecule has 2 heteroatoms. The maximum atomic E-state index is 10.3. The third-order valence-electron chi connectivity index (χ3n) is 0.930. The fourth-order valence-corrected chi connectivity index (χ4v) is 0.568. The van der Waals surface area contributed by atoms with Crippen LogP contribution in [0, 0.1) is 0 Å². The molecule has 0 aliphatic carbocycles. The van der Waals surface area contributed by atoms with E-state index in [9.17, 15) is 4.79 Å². The van der Waals surface area contributed by atoms with E-state index < -0.39 is 0 Å². The Bertz CT molecular complexity index is 126. The summed E-state index contributed by atoms with van der Waals surface area (Å²) in [6, 6.07) is 0. The van der Waals surface area contributed by atoms with Gasteiger partial charge in [-0.3, -0.25) is 4.79 Å². The molecule has 1 amide bonds. The molecule has 0 atom stereocenters. The molecule has 2 nitrogen and oxygen atoms in total. The fraction of sp³-hybridized carbons (Fsp3) is 0.400. The van der Waals surface area contributed by atoms with Gasteiger partial charge in [-0.2, -0.15) is 0 Å². The van der Waals surface area contributed by atoms with E-state index in [0.717, 1.165) is 5.70 Å². The van der Waals surface area contributed by atoms with E-state index in [2.05, 4.69) is 5.32 Å². The van der Waals surface area contributed by atoms with Gasteiger partial charge in [-0.15, -0.1) is 0 Å². The van der Waals surface area contributed by atoms with Crippen molar-refractivity contribution in [2.24, 2.45) is 0 Å². The molecule has 1 N–H and O–H groups in total. The van der Waals surface area contributed by atoms with Crippen LogP contribution in [0.2, 0.25) is 0 Å². The summed E-state index contributed by atoms with van der Waals surface area (Å²) in [6.07, 6.45) is 2.44. The standard InChI is InChI=1S/C5H7NO/c1-4-2-3-5(7)6-4/h2H,3H2,1H3,(H,6,7). The lowest BCUT2D eigenvalue weighted by atomic mass is 10.4. The second-order valence-corrected chi connectivity index (χ2v) is 1.64. The van der Waals surface area contributed by atoms with Crippen molar-refractivity contribution in [3.63, 3.8) is 0 Å². The topological polar surface area (TPSA) is 29.1 Å². The molecule has 0 radical (unpaired) electrons. The Labute approximate surface area is 42.2 Å². The van der Waals surface area contributed by atoms with Crippen LogP contribution in [0.3, 0.4) is 0 Å². The van der Waals surface area contributed by atoms with E-state index >= 15 is 0 Å². The van der Waals surface area contributed by atoms with Gasteiger partial charge in [0.05, 0.1) is 0 Å².